The second-order valence-electron chi connectivity index (χ2n) is 9.44. The molecule has 3 heterocycles. The van der Waals surface area contributed by atoms with E-state index in [1.54, 1.807) is 0 Å². The zero-order valence-electron chi connectivity index (χ0n) is 18.9. The summed E-state index contributed by atoms with van der Waals surface area (Å²) >= 11 is 6.56. The van der Waals surface area contributed by atoms with Crippen LogP contribution in [0.5, 0.6) is 5.75 Å². The van der Waals surface area contributed by atoms with Crippen molar-refractivity contribution in [3.8, 4) is 5.75 Å². The summed E-state index contributed by atoms with van der Waals surface area (Å²) in [6.45, 7) is 5.08. The number of rotatable bonds is 3. The first kappa shape index (κ1) is 20.8. The Hall–Kier alpha value is -2.82. The van der Waals surface area contributed by atoms with E-state index in [1.807, 2.05) is 18.2 Å². The summed E-state index contributed by atoms with van der Waals surface area (Å²) in [6.07, 6.45) is 2.69. The van der Waals surface area contributed by atoms with Crippen LogP contribution in [0.3, 0.4) is 0 Å². The second-order valence-corrected chi connectivity index (χ2v) is 9.85. The zero-order valence-corrected chi connectivity index (χ0v) is 19.6. The summed E-state index contributed by atoms with van der Waals surface area (Å²) in [4.78, 5) is 2.53. The molecule has 1 unspecified atom stereocenters. The molecule has 3 aromatic carbocycles. The van der Waals surface area contributed by atoms with E-state index in [1.165, 1.54) is 16.7 Å². The first-order chi connectivity index (χ1) is 16.1. The number of ether oxygens (including phenoxy) is 1. The molecule has 3 aromatic rings. The van der Waals surface area contributed by atoms with Gasteiger partial charge in [0.15, 0.2) is 0 Å². The lowest BCUT2D eigenvalue weighted by Crippen LogP contribution is -2.59. The Morgan fingerprint density at radius 2 is 1.76 bits per heavy atom. The number of fused-ring (bicyclic) bond motifs is 4. The Kier molecular flexibility index (Phi) is 5.16. The third kappa shape index (κ3) is 3.71. The van der Waals surface area contributed by atoms with Gasteiger partial charge in [0.1, 0.15) is 5.75 Å². The highest BCUT2D eigenvalue weighted by Crippen LogP contribution is 2.50. The zero-order chi connectivity index (χ0) is 22.4. The average molecular weight is 458 g/mol. The Labute approximate surface area is 200 Å². The quantitative estimate of drug-likeness (QED) is 0.469. The van der Waals surface area contributed by atoms with Gasteiger partial charge in [-0.2, -0.15) is 5.10 Å². The van der Waals surface area contributed by atoms with E-state index in [2.05, 4.69) is 71.4 Å². The molecule has 6 rings (SSSR count). The van der Waals surface area contributed by atoms with Crippen LogP contribution in [0.2, 0.25) is 5.02 Å². The fourth-order valence-corrected chi connectivity index (χ4v) is 5.74. The van der Waals surface area contributed by atoms with Gasteiger partial charge in [0, 0.05) is 55.0 Å². The van der Waals surface area contributed by atoms with Crippen molar-refractivity contribution in [3.63, 3.8) is 0 Å². The minimum Gasteiger partial charge on any atom is -0.466 e. The predicted molar refractivity (Wildman–Crippen MR) is 133 cm³/mol. The van der Waals surface area contributed by atoms with E-state index < -0.39 is 5.72 Å². The average Bonchev–Trinajstić information content (AvgIpc) is 3.29. The molecule has 5 heteroatoms. The second kappa shape index (κ2) is 8.19. The maximum Gasteiger partial charge on any atom is 0.200 e. The lowest BCUT2D eigenvalue weighted by atomic mass is 9.90. The van der Waals surface area contributed by atoms with Crippen LogP contribution in [0.15, 0.2) is 77.9 Å². The fraction of sp³-hybridized carbons (Fsp3) is 0.321. The van der Waals surface area contributed by atoms with Crippen molar-refractivity contribution in [2.75, 3.05) is 13.1 Å². The van der Waals surface area contributed by atoms with Crippen LogP contribution < -0.4 is 4.74 Å². The number of halogens is 1. The molecule has 0 radical (unpaired) electrons. The molecule has 1 saturated heterocycles. The monoisotopic (exact) mass is 457 g/mol. The summed E-state index contributed by atoms with van der Waals surface area (Å²) in [7, 11) is 0. The van der Waals surface area contributed by atoms with Crippen molar-refractivity contribution in [2.45, 2.75) is 44.5 Å². The molecular weight excluding hydrogens is 430 g/mol. The Bertz CT molecular complexity index is 1200. The minimum atomic E-state index is -0.414. The lowest BCUT2D eigenvalue weighted by molar-refractivity contribution is -0.150. The minimum absolute atomic E-state index is 0.181. The van der Waals surface area contributed by atoms with Crippen LogP contribution in [0.25, 0.3) is 0 Å². The fourth-order valence-electron chi connectivity index (χ4n) is 5.49. The molecule has 1 spiro atoms. The Balaban J connectivity index is 1.32. The highest BCUT2D eigenvalue weighted by molar-refractivity contribution is 6.34. The van der Waals surface area contributed by atoms with E-state index >= 15 is 0 Å². The van der Waals surface area contributed by atoms with E-state index in [4.69, 9.17) is 21.4 Å². The van der Waals surface area contributed by atoms with Crippen LogP contribution >= 0.6 is 11.6 Å². The van der Waals surface area contributed by atoms with Gasteiger partial charge in [-0.3, -0.25) is 4.90 Å². The van der Waals surface area contributed by atoms with Gasteiger partial charge in [0.25, 0.3) is 0 Å². The standard InChI is InChI=1S/C28H28ClN3O/c1-20-11-12-27-23(17-20)26-18-25(22-9-5-6-10-24(22)29)30-32(26)28(33-27)13-15-31(16-14-28)19-21-7-3-2-4-8-21/h2-12,17,26H,13-16,18-19H2,1H3. The van der Waals surface area contributed by atoms with E-state index in [9.17, 15) is 0 Å². The highest BCUT2D eigenvalue weighted by Gasteiger charge is 2.51. The van der Waals surface area contributed by atoms with Gasteiger partial charge in [-0.05, 0) is 24.6 Å². The van der Waals surface area contributed by atoms with Gasteiger partial charge in [-0.15, -0.1) is 0 Å². The summed E-state index contributed by atoms with van der Waals surface area (Å²) in [6, 6.07) is 25.5. The van der Waals surface area contributed by atoms with Crippen molar-refractivity contribution in [3.05, 3.63) is 100 Å². The lowest BCUT2D eigenvalue weighted by Gasteiger charge is -2.51. The molecule has 3 aliphatic heterocycles. The summed E-state index contributed by atoms with van der Waals surface area (Å²) in [5.41, 5.74) is 5.50. The summed E-state index contributed by atoms with van der Waals surface area (Å²) in [5.74, 6) is 1.01. The number of nitrogens with zero attached hydrogens (tertiary/aromatic N) is 3. The molecule has 0 aliphatic carbocycles. The summed E-state index contributed by atoms with van der Waals surface area (Å²) in [5, 5.41) is 8.21. The van der Waals surface area contributed by atoms with Gasteiger partial charge >= 0.3 is 0 Å². The first-order valence-corrected chi connectivity index (χ1v) is 12.2. The van der Waals surface area contributed by atoms with E-state index in [-0.39, 0.29) is 6.04 Å². The van der Waals surface area contributed by atoms with Crippen molar-refractivity contribution in [1.82, 2.24) is 9.91 Å². The molecule has 1 atom stereocenters. The van der Waals surface area contributed by atoms with Gasteiger partial charge in [0.2, 0.25) is 5.72 Å². The smallest absolute Gasteiger partial charge is 0.200 e. The Morgan fingerprint density at radius 3 is 2.55 bits per heavy atom. The topological polar surface area (TPSA) is 28.1 Å². The largest absolute Gasteiger partial charge is 0.466 e. The molecule has 0 bridgehead atoms. The van der Waals surface area contributed by atoms with Crippen molar-refractivity contribution >= 4 is 17.3 Å². The number of hydrogen-bond donors (Lipinski definition) is 0. The van der Waals surface area contributed by atoms with Crippen LogP contribution in [0.4, 0.5) is 0 Å². The Morgan fingerprint density at radius 1 is 1.00 bits per heavy atom. The molecule has 1 fully saturated rings. The number of benzene rings is 3. The van der Waals surface area contributed by atoms with E-state index in [0.717, 1.165) is 60.9 Å². The highest BCUT2D eigenvalue weighted by atomic mass is 35.5. The molecule has 3 aliphatic rings. The molecule has 0 aromatic heterocycles. The normalized spacial score (nSPS) is 21.3. The maximum absolute atomic E-state index is 6.80. The van der Waals surface area contributed by atoms with Crippen LogP contribution in [0, 0.1) is 6.92 Å². The van der Waals surface area contributed by atoms with Crippen molar-refractivity contribution in [2.24, 2.45) is 5.10 Å². The first-order valence-electron chi connectivity index (χ1n) is 11.8. The SMILES string of the molecule is Cc1ccc2c(c1)C1CC(c3ccccc3Cl)=NN1C1(CCN(Cc3ccccc3)CC1)O2. The maximum atomic E-state index is 6.80. The van der Waals surface area contributed by atoms with Crippen LogP contribution in [-0.4, -0.2) is 34.4 Å². The molecule has 168 valence electrons. The molecular formula is C28H28ClN3O. The molecule has 0 amide bonds. The third-order valence-corrected chi connectivity index (χ3v) is 7.55. The van der Waals surface area contributed by atoms with Gasteiger partial charge in [0.05, 0.1) is 11.8 Å². The number of likely N-dealkylation sites (tertiary alicyclic amines) is 1. The van der Waals surface area contributed by atoms with Crippen LogP contribution in [-0.2, 0) is 6.54 Å². The van der Waals surface area contributed by atoms with Gasteiger partial charge < -0.3 is 4.74 Å². The van der Waals surface area contributed by atoms with Crippen molar-refractivity contribution < 1.29 is 4.74 Å². The van der Waals surface area contributed by atoms with Crippen molar-refractivity contribution in [1.29, 1.82) is 0 Å². The number of hydrazone groups is 1. The van der Waals surface area contributed by atoms with Crippen LogP contribution in [0.1, 0.15) is 47.6 Å². The molecule has 33 heavy (non-hydrogen) atoms. The molecule has 0 saturated carbocycles. The number of hydrogen-bond acceptors (Lipinski definition) is 4. The number of piperidine rings is 1. The number of aryl methyl sites for hydroxylation is 1. The van der Waals surface area contributed by atoms with Gasteiger partial charge in [-0.1, -0.05) is 77.8 Å². The summed E-state index contributed by atoms with van der Waals surface area (Å²) < 4.78 is 6.80. The van der Waals surface area contributed by atoms with Gasteiger partial charge in [-0.25, -0.2) is 5.01 Å². The predicted octanol–water partition coefficient (Wildman–Crippen LogP) is 6.18. The van der Waals surface area contributed by atoms with E-state index in [0.29, 0.717) is 0 Å². The third-order valence-electron chi connectivity index (χ3n) is 7.22. The molecule has 4 nitrogen and oxygen atoms in total. The molecule has 0 N–H and O–H groups in total.